The van der Waals surface area contributed by atoms with Crippen molar-refractivity contribution in [3.63, 3.8) is 0 Å². The normalized spacial score (nSPS) is 11.7. The maximum Gasteiger partial charge on any atom is 0.461 e. The third kappa shape index (κ3) is 3.73. The van der Waals surface area contributed by atoms with E-state index in [1.54, 1.807) is 12.1 Å². The van der Waals surface area contributed by atoms with E-state index in [1.807, 2.05) is 0 Å². The van der Waals surface area contributed by atoms with Crippen molar-refractivity contribution in [3.8, 4) is 5.75 Å². The number of halogens is 4. The van der Waals surface area contributed by atoms with Gasteiger partial charge in [0.25, 0.3) is 5.91 Å². The molecule has 0 bridgehead atoms. The highest BCUT2D eigenvalue weighted by molar-refractivity contribution is 5.96. The van der Waals surface area contributed by atoms with Crippen LogP contribution in [0, 0.1) is 0 Å². The molecule has 0 aliphatic rings. The summed E-state index contributed by atoms with van der Waals surface area (Å²) >= 11 is 0. The van der Waals surface area contributed by atoms with Crippen LogP contribution in [-0.2, 0) is 6.54 Å². The van der Waals surface area contributed by atoms with E-state index in [9.17, 15) is 22.4 Å². The third-order valence-corrected chi connectivity index (χ3v) is 3.24. The Bertz CT molecular complexity index is 897. The predicted octanol–water partition coefficient (Wildman–Crippen LogP) is 3.39. The second-order valence-corrected chi connectivity index (χ2v) is 5.08. The highest BCUT2D eigenvalue weighted by Gasteiger charge is 2.44. The Morgan fingerprint density at radius 2 is 2.00 bits per heavy atom. The molecule has 6 nitrogen and oxygen atoms in total. The molecule has 3 rings (SSSR count). The van der Waals surface area contributed by atoms with Crippen LogP contribution in [0.1, 0.15) is 16.2 Å². The summed E-state index contributed by atoms with van der Waals surface area (Å²) in [5, 5.41) is 2.40. The summed E-state index contributed by atoms with van der Waals surface area (Å²) in [6, 6.07) is 8.10. The van der Waals surface area contributed by atoms with Crippen LogP contribution in [0.25, 0.3) is 11.2 Å². The molecule has 1 amide bonds. The molecule has 136 valence electrons. The molecule has 0 radical (unpaired) electrons. The number of hydrogen-bond donors (Lipinski definition) is 1. The van der Waals surface area contributed by atoms with Crippen molar-refractivity contribution in [3.05, 3.63) is 54.0 Å². The first-order chi connectivity index (χ1) is 12.4. The van der Waals surface area contributed by atoms with E-state index in [0.29, 0.717) is 11.2 Å². The van der Waals surface area contributed by atoms with Gasteiger partial charge in [0.1, 0.15) is 5.75 Å². The number of aromatic nitrogens is 2. The standard InChI is InChI=1S/C16H11F4N3O3/c17-15(18)16(19,20)26-10-5-2-1-4-9(10)14(24)22-8-12-23-13-11(25-12)6-3-7-21-13/h1-7,15H,8H2,(H,22,24). The Morgan fingerprint density at radius 3 is 2.73 bits per heavy atom. The summed E-state index contributed by atoms with van der Waals surface area (Å²) in [5.41, 5.74) is 0.427. The molecule has 0 aliphatic heterocycles. The van der Waals surface area contributed by atoms with Crippen LogP contribution in [0.2, 0.25) is 0 Å². The van der Waals surface area contributed by atoms with Crippen molar-refractivity contribution in [2.24, 2.45) is 0 Å². The van der Waals surface area contributed by atoms with Crippen molar-refractivity contribution in [2.45, 2.75) is 19.1 Å². The summed E-state index contributed by atoms with van der Waals surface area (Å²) < 4.78 is 60.2. The molecule has 0 saturated heterocycles. The summed E-state index contributed by atoms with van der Waals surface area (Å²) in [5.74, 6) is -1.35. The molecule has 3 aromatic rings. The van der Waals surface area contributed by atoms with Crippen LogP contribution in [-0.4, -0.2) is 28.4 Å². The first-order valence-corrected chi connectivity index (χ1v) is 7.29. The number of alkyl halides is 4. The number of ether oxygens (including phenoxy) is 1. The number of benzene rings is 1. The van der Waals surface area contributed by atoms with Crippen LogP contribution >= 0.6 is 0 Å². The van der Waals surface area contributed by atoms with Gasteiger partial charge in [-0.3, -0.25) is 4.79 Å². The quantitative estimate of drug-likeness (QED) is 0.674. The van der Waals surface area contributed by atoms with Gasteiger partial charge in [0.05, 0.1) is 12.1 Å². The van der Waals surface area contributed by atoms with Crippen LogP contribution in [0.5, 0.6) is 5.75 Å². The zero-order valence-electron chi connectivity index (χ0n) is 13.0. The molecule has 10 heteroatoms. The largest absolute Gasteiger partial charge is 0.461 e. The molecule has 2 aromatic heterocycles. The lowest BCUT2D eigenvalue weighted by molar-refractivity contribution is -0.253. The van der Waals surface area contributed by atoms with Crippen LogP contribution in [0.4, 0.5) is 17.6 Å². The Hall–Kier alpha value is -3.17. The van der Waals surface area contributed by atoms with Crippen LogP contribution in [0.15, 0.2) is 47.0 Å². The van der Waals surface area contributed by atoms with Gasteiger partial charge in [-0.2, -0.15) is 22.5 Å². The fourth-order valence-corrected chi connectivity index (χ4v) is 2.07. The zero-order chi connectivity index (χ0) is 18.7. The Morgan fingerprint density at radius 1 is 1.23 bits per heavy atom. The Kier molecular flexibility index (Phi) is 4.74. The summed E-state index contributed by atoms with van der Waals surface area (Å²) in [6.07, 6.45) is -7.24. The molecule has 1 N–H and O–H groups in total. The lowest BCUT2D eigenvalue weighted by Crippen LogP contribution is -2.34. The van der Waals surface area contributed by atoms with E-state index in [-0.39, 0.29) is 18.0 Å². The minimum absolute atomic E-state index is 0.142. The number of carbonyl (C=O) groups excluding carboxylic acids is 1. The SMILES string of the molecule is O=C(NCc1nc2ncccc2o1)c1ccccc1OC(F)(F)C(F)F. The van der Waals surface area contributed by atoms with E-state index in [1.165, 1.54) is 24.4 Å². The van der Waals surface area contributed by atoms with Gasteiger partial charge in [0, 0.05) is 6.20 Å². The van der Waals surface area contributed by atoms with Gasteiger partial charge in [-0.1, -0.05) is 12.1 Å². The number of oxazole rings is 1. The van der Waals surface area contributed by atoms with Gasteiger partial charge in [0.15, 0.2) is 11.2 Å². The van der Waals surface area contributed by atoms with E-state index in [0.717, 1.165) is 6.07 Å². The number of pyridine rings is 1. The smallest absolute Gasteiger partial charge is 0.437 e. The lowest BCUT2D eigenvalue weighted by Gasteiger charge is -2.18. The van der Waals surface area contributed by atoms with Crippen molar-refractivity contribution in [1.82, 2.24) is 15.3 Å². The van der Waals surface area contributed by atoms with Gasteiger partial charge in [-0.05, 0) is 24.3 Å². The maximum atomic E-state index is 13.1. The predicted molar refractivity (Wildman–Crippen MR) is 81.0 cm³/mol. The van der Waals surface area contributed by atoms with Crippen LogP contribution in [0.3, 0.4) is 0 Å². The first kappa shape index (κ1) is 17.6. The summed E-state index contributed by atoms with van der Waals surface area (Å²) in [6.45, 7) is -0.158. The van der Waals surface area contributed by atoms with Crippen molar-refractivity contribution < 1.29 is 31.5 Å². The van der Waals surface area contributed by atoms with Crippen molar-refractivity contribution >= 4 is 17.1 Å². The number of hydrogen-bond acceptors (Lipinski definition) is 5. The molecule has 0 atom stereocenters. The summed E-state index contributed by atoms with van der Waals surface area (Å²) in [7, 11) is 0. The van der Waals surface area contributed by atoms with Crippen molar-refractivity contribution in [1.29, 1.82) is 0 Å². The molecule has 1 aromatic carbocycles. The topological polar surface area (TPSA) is 77.3 Å². The number of nitrogens with one attached hydrogen (secondary N) is 1. The minimum Gasteiger partial charge on any atom is -0.437 e. The molecule has 0 fully saturated rings. The second-order valence-electron chi connectivity index (χ2n) is 5.08. The number of rotatable bonds is 6. The average Bonchev–Trinajstić information content (AvgIpc) is 3.02. The van der Waals surface area contributed by atoms with Crippen LogP contribution < -0.4 is 10.1 Å². The lowest BCUT2D eigenvalue weighted by atomic mass is 10.2. The highest BCUT2D eigenvalue weighted by atomic mass is 19.3. The molecule has 0 spiro atoms. The Labute approximate surface area is 143 Å². The molecule has 0 aliphatic carbocycles. The first-order valence-electron chi connectivity index (χ1n) is 7.29. The average molecular weight is 369 g/mol. The molecule has 26 heavy (non-hydrogen) atoms. The number of carbonyl (C=O) groups is 1. The maximum absolute atomic E-state index is 13.1. The van der Waals surface area contributed by atoms with Gasteiger partial charge in [-0.15, -0.1) is 0 Å². The van der Waals surface area contributed by atoms with Gasteiger partial charge >= 0.3 is 12.5 Å². The number of amides is 1. The fourth-order valence-electron chi connectivity index (χ4n) is 2.07. The van der Waals surface area contributed by atoms with E-state index >= 15 is 0 Å². The Balaban J connectivity index is 1.73. The van der Waals surface area contributed by atoms with E-state index in [2.05, 4.69) is 20.0 Å². The van der Waals surface area contributed by atoms with Gasteiger partial charge in [0.2, 0.25) is 5.89 Å². The molecule has 2 heterocycles. The number of fused-ring (bicyclic) bond motifs is 1. The number of nitrogens with zero attached hydrogens (tertiary/aromatic N) is 2. The van der Waals surface area contributed by atoms with Gasteiger partial charge in [-0.25, -0.2) is 4.98 Å². The highest BCUT2D eigenvalue weighted by Crippen LogP contribution is 2.29. The molecular formula is C16H11F4N3O3. The van der Waals surface area contributed by atoms with Crippen molar-refractivity contribution in [2.75, 3.05) is 0 Å². The van der Waals surface area contributed by atoms with Gasteiger partial charge < -0.3 is 14.5 Å². The fraction of sp³-hybridized carbons (Fsp3) is 0.188. The third-order valence-electron chi connectivity index (χ3n) is 3.24. The molecular weight excluding hydrogens is 358 g/mol. The zero-order valence-corrected chi connectivity index (χ0v) is 13.0. The monoisotopic (exact) mass is 369 g/mol. The van der Waals surface area contributed by atoms with E-state index in [4.69, 9.17) is 4.42 Å². The molecule has 0 unspecified atom stereocenters. The minimum atomic E-state index is -4.72. The molecule has 0 saturated carbocycles. The summed E-state index contributed by atoms with van der Waals surface area (Å²) in [4.78, 5) is 20.2. The number of para-hydroxylation sites is 1. The second kappa shape index (κ2) is 6.98. The van der Waals surface area contributed by atoms with E-state index < -0.39 is 24.2 Å².